The van der Waals surface area contributed by atoms with Crippen LogP contribution in [-0.4, -0.2) is 0 Å². The molecule has 2 fully saturated rings. The molecule has 3 heteroatoms. The van der Waals surface area contributed by atoms with E-state index in [2.05, 4.69) is 19.1 Å². The molecule has 0 unspecified atom stereocenters. The highest BCUT2D eigenvalue weighted by Gasteiger charge is 2.31. The van der Waals surface area contributed by atoms with E-state index in [1.54, 1.807) is 37.3 Å². The minimum absolute atomic E-state index is 0.136. The summed E-state index contributed by atoms with van der Waals surface area (Å²) in [6, 6.07) is 16.0. The van der Waals surface area contributed by atoms with Crippen LogP contribution in [0.5, 0.6) is 0 Å². The molecule has 194 valence electrons. The molecule has 0 atom stereocenters. The fourth-order valence-electron chi connectivity index (χ4n) is 6.73. The van der Waals surface area contributed by atoms with Crippen LogP contribution < -0.4 is 0 Å². The van der Waals surface area contributed by atoms with Crippen LogP contribution in [0.1, 0.15) is 75.3 Å². The lowest BCUT2D eigenvalue weighted by Crippen LogP contribution is -2.25. The second-order valence-corrected chi connectivity index (χ2v) is 11.2. The molecule has 0 N–H and O–H groups in total. The Hall–Kier alpha value is -2.81. The maximum Gasteiger partial charge on any atom is 0.166 e. The van der Waals surface area contributed by atoms with E-state index in [1.807, 2.05) is 24.3 Å². The highest BCUT2D eigenvalue weighted by molar-refractivity contribution is 5.71. The zero-order valence-corrected chi connectivity index (χ0v) is 22.0. The lowest BCUT2D eigenvalue weighted by atomic mass is 9.68. The molecule has 2 aliphatic rings. The molecular weight excluding hydrogens is 465 g/mol. The van der Waals surface area contributed by atoms with Gasteiger partial charge in [0.05, 0.1) is 0 Å². The van der Waals surface area contributed by atoms with E-state index in [0.717, 1.165) is 47.3 Å². The second kappa shape index (κ2) is 11.3. The van der Waals surface area contributed by atoms with Crippen LogP contribution in [0.4, 0.5) is 13.2 Å². The second-order valence-electron chi connectivity index (χ2n) is 11.2. The van der Waals surface area contributed by atoms with Crippen molar-refractivity contribution >= 4 is 0 Å². The third kappa shape index (κ3) is 5.56. The maximum absolute atomic E-state index is 15.3. The largest absolute Gasteiger partial charge is 0.207 e. The molecule has 5 rings (SSSR count). The lowest BCUT2D eigenvalue weighted by molar-refractivity contribution is 0.171. The number of benzene rings is 3. The standard InChI is InChI=1S/C34H37F3/c1-3-4-23-6-8-24(9-7-23)25-10-14-27(15-11-25)30-20-18-29(21-32(30)35)26-12-16-28(17-13-26)31-19-5-22(2)33(36)34(31)37/h3-5,12-13,16-21,23-25,27H,6-11,14-15H2,1-2H3/b4-3+. The molecule has 3 aromatic carbocycles. The lowest BCUT2D eigenvalue weighted by Gasteiger charge is -2.37. The van der Waals surface area contributed by atoms with Crippen LogP contribution in [-0.2, 0) is 0 Å². The zero-order chi connectivity index (χ0) is 25.9. The monoisotopic (exact) mass is 502 g/mol. The number of rotatable bonds is 5. The predicted octanol–water partition coefficient (Wildman–Crippen LogP) is 10.4. The van der Waals surface area contributed by atoms with Crippen LogP contribution in [0, 0.1) is 42.1 Å². The van der Waals surface area contributed by atoms with Gasteiger partial charge in [0.25, 0.3) is 0 Å². The van der Waals surface area contributed by atoms with Gasteiger partial charge in [-0.15, -0.1) is 0 Å². The Balaban J connectivity index is 1.22. The van der Waals surface area contributed by atoms with Gasteiger partial charge >= 0.3 is 0 Å². The van der Waals surface area contributed by atoms with Gasteiger partial charge in [0.2, 0.25) is 0 Å². The van der Waals surface area contributed by atoms with Crippen LogP contribution in [0.2, 0.25) is 0 Å². The first kappa shape index (κ1) is 25.8. The molecule has 0 nitrogen and oxygen atoms in total. The fourth-order valence-corrected chi connectivity index (χ4v) is 6.73. The van der Waals surface area contributed by atoms with Crippen molar-refractivity contribution < 1.29 is 13.2 Å². The van der Waals surface area contributed by atoms with Crippen molar-refractivity contribution in [3.05, 3.63) is 95.3 Å². The third-order valence-electron chi connectivity index (χ3n) is 8.96. The summed E-state index contributed by atoms with van der Waals surface area (Å²) in [5.74, 6) is 0.936. The van der Waals surface area contributed by atoms with Crippen molar-refractivity contribution in [3.63, 3.8) is 0 Å². The van der Waals surface area contributed by atoms with E-state index in [4.69, 9.17) is 0 Å². The van der Waals surface area contributed by atoms with Crippen molar-refractivity contribution in [1.29, 1.82) is 0 Å². The van der Waals surface area contributed by atoms with Gasteiger partial charge in [-0.1, -0.05) is 60.7 Å². The van der Waals surface area contributed by atoms with Gasteiger partial charge in [-0.2, -0.15) is 0 Å². The van der Waals surface area contributed by atoms with E-state index in [-0.39, 0.29) is 16.9 Å². The van der Waals surface area contributed by atoms with Crippen molar-refractivity contribution in [3.8, 4) is 22.3 Å². The highest BCUT2D eigenvalue weighted by Crippen LogP contribution is 2.44. The smallest absolute Gasteiger partial charge is 0.166 e. The van der Waals surface area contributed by atoms with E-state index in [1.165, 1.54) is 38.5 Å². The molecular formula is C34H37F3. The predicted molar refractivity (Wildman–Crippen MR) is 147 cm³/mol. The SMILES string of the molecule is C/C=C/C1CCC(C2CCC(c3ccc(-c4ccc(-c5ccc(C)c(F)c5F)cc4)cc3F)CC2)CC1. The summed E-state index contributed by atoms with van der Waals surface area (Å²) in [6.45, 7) is 3.67. The highest BCUT2D eigenvalue weighted by atomic mass is 19.2. The summed E-state index contributed by atoms with van der Waals surface area (Å²) in [6.07, 6.45) is 14.5. The Morgan fingerprint density at radius 2 is 1.24 bits per heavy atom. The molecule has 0 radical (unpaired) electrons. The number of hydrogen-bond acceptors (Lipinski definition) is 0. The molecule has 0 bridgehead atoms. The quantitative estimate of drug-likeness (QED) is 0.304. The summed E-state index contributed by atoms with van der Waals surface area (Å²) >= 11 is 0. The van der Waals surface area contributed by atoms with E-state index in [9.17, 15) is 8.78 Å². The molecule has 2 aliphatic carbocycles. The molecule has 0 saturated heterocycles. The fraction of sp³-hybridized carbons (Fsp3) is 0.412. The minimum Gasteiger partial charge on any atom is -0.207 e. The zero-order valence-electron chi connectivity index (χ0n) is 22.0. The molecule has 0 aromatic heterocycles. The molecule has 37 heavy (non-hydrogen) atoms. The number of hydrogen-bond donors (Lipinski definition) is 0. The first-order valence-electron chi connectivity index (χ1n) is 13.9. The number of aryl methyl sites for hydroxylation is 1. The molecule has 3 aromatic rings. The number of allylic oxidation sites excluding steroid dienone is 2. The summed E-state index contributed by atoms with van der Waals surface area (Å²) in [7, 11) is 0. The van der Waals surface area contributed by atoms with Crippen molar-refractivity contribution in [2.45, 2.75) is 71.1 Å². The first-order valence-corrected chi connectivity index (χ1v) is 13.9. The Morgan fingerprint density at radius 1 is 0.649 bits per heavy atom. The average molecular weight is 503 g/mol. The van der Waals surface area contributed by atoms with Gasteiger partial charge in [-0.25, -0.2) is 13.2 Å². The Kier molecular flexibility index (Phi) is 7.88. The summed E-state index contributed by atoms with van der Waals surface area (Å²) in [5, 5.41) is 0. The Labute approximate surface area is 219 Å². The van der Waals surface area contributed by atoms with Gasteiger partial charge in [-0.05, 0) is 123 Å². The van der Waals surface area contributed by atoms with Gasteiger partial charge in [0.1, 0.15) is 5.82 Å². The Bertz CT molecular complexity index is 1240. The van der Waals surface area contributed by atoms with Gasteiger partial charge in [0, 0.05) is 5.56 Å². The Morgan fingerprint density at radius 3 is 1.86 bits per heavy atom. The van der Waals surface area contributed by atoms with E-state index < -0.39 is 11.6 Å². The molecule has 0 heterocycles. The topological polar surface area (TPSA) is 0 Å². The molecule has 2 saturated carbocycles. The van der Waals surface area contributed by atoms with Gasteiger partial charge in [-0.3, -0.25) is 0 Å². The van der Waals surface area contributed by atoms with Crippen molar-refractivity contribution in [2.75, 3.05) is 0 Å². The van der Waals surface area contributed by atoms with Crippen LogP contribution in [0.25, 0.3) is 22.3 Å². The minimum atomic E-state index is -0.834. The average Bonchev–Trinajstić information content (AvgIpc) is 2.93. The summed E-state index contributed by atoms with van der Waals surface area (Å²) < 4.78 is 43.7. The first-order chi connectivity index (χ1) is 17.9. The molecule has 0 aliphatic heterocycles. The number of halogens is 3. The normalized spacial score (nSPS) is 24.5. The van der Waals surface area contributed by atoms with Gasteiger partial charge < -0.3 is 0 Å². The maximum atomic E-state index is 15.3. The van der Waals surface area contributed by atoms with Crippen LogP contribution >= 0.6 is 0 Å². The summed E-state index contributed by atoms with van der Waals surface area (Å²) in [4.78, 5) is 0. The van der Waals surface area contributed by atoms with Crippen LogP contribution in [0.3, 0.4) is 0 Å². The van der Waals surface area contributed by atoms with E-state index in [0.29, 0.717) is 11.5 Å². The van der Waals surface area contributed by atoms with Gasteiger partial charge in [0.15, 0.2) is 11.6 Å². The van der Waals surface area contributed by atoms with Crippen molar-refractivity contribution in [1.82, 2.24) is 0 Å². The molecule has 0 amide bonds. The molecule has 0 spiro atoms. The van der Waals surface area contributed by atoms with E-state index >= 15 is 4.39 Å². The summed E-state index contributed by atoms with van der Waals surface area (Å²) in [5.41, 5.74) is 3.62. The third-order valence-corrected chi connectivity index (χ3v) is 8.96. The van der Waals surface area contributed by atoms with Crippen LogP contribution in [0.15, 0.2) is 66.7 Å². The van der Waals surface area contributed by atoms with Crippen molar-refractivity contribution in [2.24, 2.45) is 17.8 Å².